The molecule has 1 aromatic heterocycles. The molecule has 2 aromatic carbocycles. The first kappa shape index (κ1) is 14.5. The van der Waals surface area contributed by atoms with Gasteiger partial charge in [0.25, 0.3) is 0 Å². The summed E-state index contributed by atoms with van der Waals surface area (Å²) < 4.78 is 1.92. The molecule has 0 aliphatic carbocycles. The molecular weight excluding hydrogens is 272 g/mol. The molecule has 0 saturated heterocycles. The van der Waals surface area contributed by atoms with Crippen LogP contribution in [0.4, 0.5) is 0 Å². The minimum absolute atomic E-state index is 0.260. The Kier molecular flexibility index (Phi) is 4.07. The van der Waals surface area contributed by atoms with E-state index in [-0.39, 0.29) is 5.92 Å². The molecule has 0 aliphatic rings. The van der Waals surface area contributed by atoms with Gasteiger partial charge in [-0.15, -0.1) is 0 Å². The predicted molar refractivity (Wildman–Crippen MR) is 88.2 cm³/mol. The zero-order valence-electron chi connectivity index (χ0n) is 12.8. The van der Waals surface area contributed by atoms with Crippen LogP contribution in [-0.2, 0) is 0 Å². The highest BCUT2D eigenvalue weighted by Gasteiger charge is 2.22. The van der Waals surface area contributed by atoms with Gasteiger partial charge in [-0.05, 0) is 23.6 Å². The maximum atomic E-state index is 10.7. The van der Waals surface area contributed by atoms with E-state index in [1.165, 1.54) is 0 Å². The number of benzene rings is 2. The van der Waals surface area contributed by atoms with Gasteiger partial charge in [0.05, 0.1) is 17.6 Å². The Morgan fingerprint density at radius 3 is 2.09 bits per heavy atom. The number of para-hydroxylation sites is 1. The largest absolute Gasteiger partial charge is 0.384 e. The van der Waals surface area contributed by atoms with Crippen LogP contribution in [0.1, 0.15) is 42.7 Å². The van der Waals surface area contributed by atoms with E-state index >= 15 is 0 Å². The zero-order chi connectivity index (χ0) is 15.5. The minimum atomic E-state index is -0.656. The van der Waals surface area contributed by atoms with E-state index in [9.17, 15) is 5.11 Å². The molecule has 3 rings (SSSR count). The standard InChI is InChI=1S/C19H20N2O/c1-14(2)18-17(19(22)15-9-5-3-6-10-15)13-20-21(18)16-11-7-4-8-12-16/h3-14,19,22H,1-2H3. The fraction of sp³-hybridized carbons (Fsp3) is 0.211. The summed E-state index contributed by atoms with van der Waals surface area (Å²) >= 11 is 0. The van der Waals surface area contributed by atoms with Gasteiger partial charge in [-0.3, -0.25) is 0 Å². The lowest BCUT2D eigenvalue weighted by molar-refractivity contribution is 0.218. The first-order chi connectivity index (χ1) is 10.7. The maximum absolute atomic E-state index is 10.7. The van der Waals surface area contributed by atoms with Crippen LogP contribution in [0.25, 0.3) is 5.69 Å². The summed E-state index contributed by atoms with van der Waals surface area (Å²) in [6.07, 6.45) is 1.12. The summed E-state index contributed by atoms with van der Waals surface area (Å²) in [6, 6.07) is 19.7. The van der Waals surface area contributed by atoms with Gasteiger partial charge in [0.15, 0.2) is 0 Å². The number of hydrogen-bond donors (Lipinski definition) is 1. The quantitative estimate of drug-likeness (QED) is 0.787. The molecular formula is C19H20N2O. The Morgan fingerprint density at radius 1 is 0.909 bits per heavy atom. The fourth-order valence-electron chi connectivity index (χ4n) is 2.75. The monoisotopic (exact) mass is 292 g/mol. The molecule has 1 atom stereocenters. The average molecular weight is 292 g/mol. The summed E-state index contributed by atoms with van der Waals surface area (Å²) in [4.78, 5) is 0. The van der Waals surface area contributed by atoms with Crippen molar-refractivity contribution in [2.24, 2.45) is 0 Å². The van der Waals surface area contributed by atoms with Crippen LogP contribution >= 0.6 is 0 Å². The van der Waals surface area contributed by atoms with Crippen molar-refractivity contribution in [1.82, 2.24) is 9.78 Å². The Labute approximate surface area is 130 Å². The zero-order valence-corrected chi connectivity index (χ0v) is 12.8. The van der Waals surface area contributed by atoms with Crippen LogP contribution in [0.3, 0.4) is 0 Å². The van der Waals surface area contributed by atoms with Crippen LogP contribution < -0.4 is 0 Å². The summed E-state index contributed by atoms with van der Waals surface area (Å²) in [5.41, 5.74) is 3.81. The summed E-state index contributed by atoms with van der Waals surface area (Å²) in [6.45, 7) is 4.25. The topological polar surface area (TPSA) is 38.1 Å². The first-order valence-corrected chi connectivity index (χ1v) is 7.54. The van der Waals surface area contributed by atoms with Crippen LogP contribution in [0, 0.1) is 0 Å². The smallest absolute Gasteiger partial charge is 0.107 e. The number of rotatable bonds is 4. The molecule has 0 saturated carbocycles. The lowest BCUT2D eigenvalue weighted by Gasteiger charge is -2.16. The highest BCUT2D eigenvalue weighted by atomic mass is 16.3. The van der Waals surface area contributed by atoms with E-state index in [1.54, 1.807) is 6.20 Å². The third-order valence-corrected chi connectivity index (χ3v) is 3.79. The number of aliphatic hydroxyl groups excluding tert-OH is 1. The molecule has 0 amide bonds. The Balaban J connectivity index is 2.08. The second kappa shape index (κ2) is 6.16. The first-order valence-electron chi connectivity index (χ1n) is 7.54. The van der Waals surface area contributed by atoms with E-state index < -0.39 is 6.10 Å². The molecule has 1 heterocycles. The van der Waals surface area contributed by atoms with Gasteiger partial charge < -0.3 is 5.11 Å². The summed E-state index contributed by atoms with van der Waals surface area (Å²) in [5.74, 6) is 0.260. The molecule has 3 aromatic rings. The molecule has 0 bridgehead atoms. The van der Waals surface area contributed by atoms with Crippen molar-refractivity contribution in [2.45, 2.75) is 25.9 Å². The van der Waals surface area contributed by atoms with Crippen LogP contribution in [-0.4, -0.2) is 14.9 Å². The van der Waals surface area contributed by atoms with Crippen molar-refractivity contribution >= 4 is 0 Å². The average Bonchev–Trinajstić information content (AvgIpc) is 3.01. The van der Waals surface area contributed by atoms with Crippen molar-refractivity contribution in [3.63, 3.8) is 0 Å². The second-order valence-corrected chi connectivity index (χ2v) is 5.70. The molecule has 1 unspecified atom stereocenters. The van der Waals surface area contributed by atoms with E-state index in [2.05, 4.69) is 18.9 Å². The van der Waals surface area contributed by atoms with Crippen molar-refractivity contribution in [3.8, 4) is 5.69 Å². The lowest BCUT2D eigenvalue weighted by Crippen LogP contribution is -2.08. The van der Waals surface area contributed by atoms with Crippen LogP contribution in [0.2, 0.25) is 0 Å². The lowest BCUT2D eigenvalue weighted by atomic mass is 9.97. The number of nitrogens with zero attached hydrogens (tertiary/aromatic N) is 2. The van der Waals surface area contributed by atoms with Gasteiger partial charge in [0.1, 0.15) is 6.10 Å². The van der Waals surface area contributed by atoms with Gasteiger partial charge >= 0.3 is 0 Å². The molecule has 0 radical (unpaired) electrons. The molecule has 0 aliphatic heterocycles. The summed E-state index contributed by atoms with van der Waals surface area (Å²) in [5, 5.41) is 15.2. The third kappa shape index (κ3) is 2.68. The Bertz CT molecular complexity index is 733. The molecule has 112 valence electrons. The van der Waals surface area contributed by atoms with Crippen molar-refractivity contribution in [2.75, 3.05) is 0 Å². The summed E-state index contributed by atoms with van der Waals surface area (Å²) in [7, 11) is 0. The minimum Gasteiger partial charge on any atom is -0.384 e. The SMILES string of the molecule is CC(C)c1c(C(O)c2ccccc2)cnn1-c1ccccc1. The van der Waals surface area contributed by atoms with Crippen LogP contribution in [0.5, 0.6) is 0 Å². The molecule has 0 fully saturated rings. The Hall–Kier alpha value is -2.39. The van der Waals surface area contributed by atoms with Crippen LogP contribution in [0.15, 0.2) is 66.9 Å². The third-order valence-electron chi connectivity index (χ3n) is 3.79. The second-order valence-electron chi connectivity index (χ2n) is 5.70. The molecule has 1 N–H and O–H groups in total. The molecule has 0 spiro atoms. The van der Waals surface area contributed by atoms with E-state index in [4.69, 9.17) is 0 Å². The van der Waals surface area contributed by atoms with Gasteiger partial charge in [-0.1, -0.05) is 62.4 Å². The van der Waals surface area contributed by atoms with Gasteiger partial charge in [-0.2, -0.15) is 5.10 Å². The van der Waals surface area contributed by atoms with E-state index in [0.29, 0.717) is 0 Å². The van der Waals surface area contributed by atoms with Crippen molar-refractivity contribution < 1.29 is 5.11 Å². The van der Waals surface area contributed by atoms with Crippen molar-refractivity contribution in [3.05, 3.63) is 83.7 Å². The molecule has 22 heavy (non-hydrogen) atoms. The molecule has 3 heteroatoms. The number of aliphatic hydroxyl groups is 1. The van der Waals surface area contributed by atoms with E-state index in [0.717, 1.165) is 22.5 Å². The Morgan fingerprint density at radius 2 is 1.50 bits per heavy atom. The predicted octanol–water partition coefficient (Wildman–Crippen LogP) is 4.08. The number of hydrogen-bond acceptors (Lipinski definition) is 2. The highest BCUT2D eigenvalue weighted by Crippen LogP contribution is 2.30. The number of aromatic nitrogens is 2. The van der Waals surface area contributed by atoms with Gasteiger partial charge in [0, 0.05) is 5.56 Å². The fourth-order valence-corrected chi connectivity index (χ4v) is 2.75. The van der Waals surface area contributed by atoms with Crippen molar-refractivity contribution in [1.29, 1.82) is 0 Å². The van der Waals surface area contributed by atoms with Gasteiger partial charge in [0.2, 0.25) is 0 Å². The van der Waals surface area contributed by atoms with E-state index in [1.807, 2.05) is 65.3 Å². The molecule has 3 nitrogen and oxygen atoms in total. The normalized spacial score (nSPS) is 12.5. The highest BCUT2D eigenvalue weighted by molar-refractivity contribution is 5.39. The maximum Gasteiger partial charge on any atom is 0.107 e. The van der Waals surface area contributed by atoms with Gasteiger partial charge in [-0.25, -0.2) is 4.68 Å².